The van der Waals surface area contributed by atoms with Gasteiger partial charge in [-0.1, -0.05) is 54.6 Å². The third kappa shape index (κ3) is 9.04. The molecule has 2 atom stereocenters. The molecule has 0 fully saturated rings. The van der Waals surface area contributed by atoms with Crippen LogP contribution in [0.4, 0.5) is 5.69 Å². The minimum Gasteiger partial charge on any atom is -0.462 e. The zero-order valence-corrected chi connectivity index (χ0v) is 26.9. The molecule has 0 bridgehead atoms. The Morgan fingerprint density at radius 1 is 1.07 bits per heavy atom. The summed E-state index contributed by atoms with van der Waals surface area (Å²) in [5.74, 6) is -2.97. The average Bonchev–Trinajstić information content (AvgIpc) is 3.01. The summed E-state index contributed by atoms with van der Waals surface area (Å²) in [7, 11) is 1.93. The number of ether oxygens (including phenoxy) is 2. The van der Waals surface area contributed by atoms with Crippen molar-refractivity contribution in [2.75, 3.05) is 26.7 Å². The van der Waals surface area contributed by atoms with Crippen molar-refractivity contribution >= 4 is 29.4 Å². The van der Waals surface area contributed by atoms with Gasteiger partial charge in [0.05, 0.1) is 16.6 Å². The minimum absolute atomic E-state index is 0.106. The van der Waals surface area contributed by atoms with Crippen molar-refractivity contribution in [2.24, 2.45) is 10.9 Å². The molecule has 3 aromatic rings. The third-order valence-corrected chi connectivity index (χ3v) is 7.64. The van der Waals surface area contributed by atoms with Crippen LogP contribution in [-0.4, -0.2) is 65.3 Å². The molecule has 0 N–H and O–H groups in total. The first-order valence-corrected chi connectivity index (χ1v) is 15.2. The lowest BCUT2D eigenvalue weighted by molar-refractivity contribution is -0.384. The van der Waals surface area contributed by atoms with E-state index in [2.05, 4.69) is 40.3 Å². The minimum atomic E-state index is -0.937. The molecule has 0 saturated heterocycles. The highest BCUT2D eigenvalue weighted by Crippen LogP contribution is 2.41. The molecule has 10 heteroatoms. The maximum atomic E-state index is 13.6. The molecule has 0 spiro atoms. The molecular formula is C36H40N4O6. The first-order chi connectivity index (χ1) is 22.0. The number of hydrogen-bond donors (Lipinski definition) is 0. The van der Waals surface area contributed by atoms with Crippen molar-refractivity contribution in [2.45, 2.75) is 46.1 Å². The lowest BCUT2D eigenvalue weighted by Crippen LogP contribution is -2.37. The van der Waals surface area contributed by atoms with Crippen LogP contribution in [0, 0.1) is 16.0 Å². The summed E-state index contributed by atoms with van der Waals surface area (Å²) in [6.45, 7) is 8.05. The number of pyridine rings is 1. The molecule has 1 aliphatic rings. The van der Waals surface area contributed by atoms with Crippen LogP contribution in [0.3, 0.4) is 0 Å². The second-order valence-corrected chi connectivity index (χ2v) is 11.6. The number of benzene rings is 2. The van der Waals surface area contributed by atoms with Crippen molar-refractivity contribution in [3.8, 4) is 0 Å². The second kappa shape index (κ2) is 15.9. The Morgan fingerprint density at radius 2 is 1.83 bits per heavy atom. The summed E-state index contributed by atoms with van der Waals surface area (Å²) in [6.07, 6.45) is 8.18. The number of nitro benzene ring substituents is 1. The molecule has 0 saturated carbocycles. The Labute approximate surface area is 269 Å². The molecular weight excluding hydrogens is 584 g/mol. The van der Waals surface area contributed by atoms with E-state index in [9.17, 15) is 19.7 Å². The van der Waals surface area contributed by atoms with Crippen LogP contribution in [0.2, 0.25) is 0 Å². The van der Waals surface area contributed by atoms with E-state index in [1.165, 1.54) is 29.3 Å². The van der Waals surface area contributed by atoms with E-state index in [1.54, 1.807) is 40.0 Å². The van der Waals surface area contributed by atoms with Gasteiger partial charge in [-0.2, -0.15) is 0 Å². The van der Waals surface area contributed by atoms with Gasteiger partial charge >= 0.3 is 11.9 Å². The summed E-state index contributed by atoms with van der Waals surface area (Å²) in [5.41, 5.74) is 4.81. The van der Waals surface area contributed by atoms with Gasteiger partial charge in [0.25, 0.3) is 5.69 Å². The highest BCUT2D eigenvalue weighted by atomic mass is 16.6. The molecule has 2 heterocycles. The fourth-order valence-corrected chi connectivity index (χ4v) is 5.42. The number of non-ortho nitro benzene ring substituents is 1. The van der Waals surface area contributed by atoms with Gasteiger partial charge in [0.1, 0.15) is 12.5 Å². The van der Waals surface area contributed by atoms with Crippen molar-refractivity contribution in [1.29, 1.82) is 0 Å². The Balaban J connectivity index is 1.39. The number of esters is 2. The molecule has 0 radical (unpaired) electrons. The number of hydrogen-bond acceptors (Lipinski definition) is 9. The van der Waals surface area contributed by atoms with Gasteiger partial charge in [-0.3, -0.25) is 29.8 Å². The summed E-state index contributed by atoms with van der Waals surface area (Å²) in [5, 5.41) is 11.6. The standard InChI is InChI=1S/C36H40N4O6/c1-24(2)46-36(42)33-26(4)38-25(3)32(34(33)30-11-6-12-31(22-30)40(43)44)35(41)45-20-19-39(5)18-8-10-27-13-15-28(16-14-27)21-29-9-7-17-37-23-29/h6-17,22-24,33-34H,18-21H2,1-5H3. The largest absolute Gasteiger partial charge is 0.462 e. The van der Waals surface area contributed by atoms with Gasteiger partial charge in [-0.25, -0.2) is 4.79 Å². The summed E-state index contributed by atoms with van der Waals surface area (Å²) < 4.78 is 11.2. The molecule has 1 aromatic heterocycles. The van der Waals surface area contributed by atoms with Crippen LogP contribution in [0.25, 0.3) is 6.08 Å². The predicted molar refractivity (Wildman–Crippen MR) is 177 cm³/mol. The maximum Gasteiger partial charge on any atom is 0.336 e. The zero-order chi connectivity index (χ0) is 33.2. The van der Waals surface area contributed by atoms with Crippen molar-refractivity contribution in [3.05, 3.63) is 123 Å². The van der Waals surface area contributed by atoms with E-state index in [-0.39, 0.29) is 17.9 Å². The van der Waals surface area contributed by atoms with E-state index < -0.39 is 34.8 Å². The number of nitrogens with zero attached hydrogens (tertiary/aromatic N) is 4. The van der Waals surface area contributed by atoms with Gasteiger partial charge in [0, 0.05) is 54.9 Å². The maximum absolute atomic E-state index is 13.6. The van der Waals surface area contributed by atoms with E-state index in [4.69, 9.17) is 9.47 Å². The van der Waals surface area contributed by atoms with Crippen LogP contribution in [0.5, 0.6) is 0 Å². The van der Waals surface area contributed by atoms with E-state index >= 15 is 0 Å². The Morgan fingerprint density at radius 3 is 2.50 bits per heavy atom. The number of allylic oxidation sites excluding steroid dienone is 1. The first kappa shape index (κ1) is 33.9. The second-order valence-electron chi connectivity index (χ2n) is 11.6. The molecule has 46 heavy (non-hydrogen) atoms. The number of likely N-dealkylation sites (N-methyl/N-ethyl adjacent to an activating group) is 1. The number of carbonyl (C=O) groups is 2. The normalized spacial score (nSPS) is 16.5. The highest BCUT2D eigenvalue weighted by molar-refractivity contribution is 6.07. The Bertz CT molecular complexity index is 1630. The molecule has 10 nitrogen and oxygen atoms in total. The number of aliphatic imine (C=N–C) groups is 1. The molecule has 4 rings (SSSR count). The summed E-state index contributed by atoms with van der Waals surface area (Å²) in [4.78, 5) is 48.6. The lowest BCUT2D eigenvalue weighted by Gasteiger charge is -2.32. The van der Waals surface area contributed by atoms with Gasteiger partial charge in [0.15, 0.2) is 0 Å². The average molecular weight is 625 g/mol. The fraction of sp³-hybridized carbons (Fsp3) is 0.333. The van der Waals surface area contributed by atoms with Crippen LogP contribution in [-0.2, 0) is 25.5 Å². The van der Waals surface area contributed by atoms with Crippen LogP contribution in [0.15, 0.2) is 95.4 Å². The highest BCUT2D eigenvalue weighted by Gasteiger charge is 2.43. The molecule has 1 aliphatic heterocycles. The Hall–Kier alpha value is -4.96. The predicted octanol–water partition coefficient (Wildman–Crippen LogP) is 6.17. The van der Waals surface area contributed by atoms with Crippen LogP contribution < -0.4 is 0 Å². The van der Waals surface area contributed by atoms with E-state index in [1.807, 2.05) is 36.4 Å². The van der Waals surface area contributed by atoms with Crippen molar-refractivity contribution in [3.63, 3.8) is 0 Å². The van der Waals surface area contributed by atoms with Crippen molar-refractivity contribution < 1.29 is 24.0 Å². The first-order valence-electron chi connectivity index (χ1n) is 15.2. The summed E-state index contributed by atoms with van der Waals surface area (Å²) >= 11 is 0. The molecule has 2 aromatic carbocycles. The Kier molecular flexibility index (Phi) is 11.7. The molecule has 2 unspecified atom stereocenters. The summed E-state index contributed by atoms with van der Waals surface area (Å²) in [6, 6.07) is 18.3. The molecule has 240 valence electrons. The zero-order valence-electron chi connectivity index (χ0n) is 26.9. The third-order valence-electron chi connectivity index (χ3n) is 7.64. The van der Waals surface area contributed by atoms with Crippen LogP contribution in [0.1, 0.15) is 55.9 Å². The van der Waals surface area contributed by atoms with E-state index in [0.717, 1.165) is 12.0 Å². The lowest BCUT2D eigenvalue weighted by atomic mass is 9.75. The topological polar surface area (TPSA) is 124 Å². The molecule has 0 aliphatic carbocycles. The number of nitro groups is 1. The SMILES string of the molecule is CC1=NC(C)=C(C(=O)OCCN(C)CC=Cc2ccc(Cc3cccnc3)cc2)C(c2cccc([N+](=O)[O-])c2)C1C(=O)OC(C)C. The van der Waals surface area contributed by atoms with Crippen LogP contribution >= 0.6 is 0 Å². The smallest absolute Gasteiger partial charge is 0.336 e. The number of rotatable bonds is 13. The monoisotopic (exact) mass is 624 g/mol. The number of aromatic nitrogens is 1. The van der Waals surface area contributed by atoms with Gasteiger partial charge in [-0.15, -0.1) is 0 Å². The van der Waals surface area contributed by atoms with E-state index in [0.29, 0.717) is 30.1 Å². The van der Waals surface area contributed by atoms with Gasteiger partial charge in [-0.05, 0) is 69.5 Å². The van der Waals surface area contributed by atoms with Gasteiger partial charge < -0.3 is 9.47 Å². The number of carbonyl (C=O) groups excluding carboxylic acids is 2. The fourth-order valence-electron chi connectivity index (χ4n) is 5.42. The van der Waals surface area contributed by atoms with Gasteiger partial charge in [0.2, 0.25) is 0 Å². The molecule has 0 amide bonds. The quantitative estimate of drug-likeness (QED) is 0.126. The van der Waals surface area contributed by atoms with Crippen molar-refractivity contribution in [1.82, 2.24) is 9.88 Å².